The highest BCUT2D eigenvalue weighted by Crippen LogP contribution is 2.31. The second-order valence-electron chi connectivity index (χ2n) is 5.83. The number of benzene rings is 2. The van der Waals surface area contributed by atoms with Crippen molar-refractivity contribution in [3.05, 3.63) is 71.5 Å². The van der Waals surface area contributed by atoms with E-state index in [0.717, 1.165) is 27.4 Å². The number of anilines is 2. The van der Waals surface area contributed by atoms with E-state index in [1.165, 1.54) is 0 Å². The molecular formula is C20H15ClN4O. The summed E-state index contributed by atoms with van der Waals surface area (Å²) in [6, 6.07) is 14.8. The molecule has 128 valence electrons. The van der Waals surface area contributed by atoms with Crippen LogP contribution in [-0.2, 0) is 0 Å². The third-order valence-electron chi connectivity index (χ3n) is 4.17. The SMILES string of the molecule is CNC(=O)c1ccc2c(c1)nc(Nc1cccc(Cl)c1)c1ccncc12. The molecule has 0 atom stereocenters. The summed E-state index contributed by atoms with van der Waals surface area (Å²) in [5, 5.41) is 9.45. The first-order chi connectivity index (χ1) is 12.7. The van der Waals surface area contributed by atoms with Gasteiger partial charge in [0.1, 0.15) is 5.82 Å². The van der Waals surface area contributed by atoms with Crippen molar-refractivity contribution in [1.29, 1.82) is 0 Å². The molecule has 26 heavy (non-hydrogen) atoms. The number of carbonyl (C=O) groups is 1. The van der Waals surface area contributed by atoms with E-state index in [1.54, 1.807) is 25.4 Å². The van der Waals surface area contributed by atoms with E-state index in [9.17, 15) is 4.79 Å². The Balaban J connectivity index is 1.93. The number of nitrogens with one attached hydrogen (secondary N) is 2. The molecule has 0 saturated heterocycles. The zero-order chi connectivity index (χ0) is 18.1. The summed E-state index contributed by atoms with van der Waals surface area (Å²) in [5.41, 5.74) is 2.12. The predicted octanol–water partition coefficient (Wildman–Crippen LogP) is 4.54. The Labute approximate surface area is 155 Å². The number of carbonyl (C=O) groups excluding carboxylic acids is 1. The van der Waals surface area contributed by atoms with Crippen LogP contribution in [0.15, 0.2) is 60.9 Å². The predicted molar refractivity (Wildman–Crippen MR) is 105 cm³/mol. The summed E-state index contributed by atoms with van der Waals surface area (Å²) >= 11 is 6.08. The Morgan fingerprint density at radius 2 is 1.92 bits per heavy atom. The summed E-state index contributed by atoms with van der Waals surface area (Å²) in [4.78, 5) is 20.9. The zero-order valence-corrected chi connectivity index (χ0v) is 14.7. The number of rotatable bonds is 3. The van der Waals surface area contributed by atoms with Gasteiger partial charge in [-0.1, -0.05) is 23.7 Å². The van der Waals surface area contributed by atoms with Gasteiger partial charge in [0.15, 0.2) is 0 Å². The van der Waals surface area contributed by atoms with Gasteiger partial charge in [0, 0.05) is 51.9 Å². The number of amides is 1. The molecule has 4 rings (SSSR count). The first-order valence-corrected chi connectivity index (χ1v) is 8.45. The van der Waals surface area contributed by atoms with E-state index in [1.807, 2.05) is 42.6 Å². The molecule has 0 aliphatic carbocycles. The molecule has 0 radical (unpaired) electrons. The molecule has 5 nitrogen and oxygen atoms in total. The fraction of sp³-hybridized carbons (Fsp3) is 0.0500. The van der Waals surface area contributed by atoms with Gasteiger partial charge in [-0.2, -0.15) is 0 Å². The molecule has 2 aromatic carbocycles. The molecule has 2 N–H and O–H groups in total. The van der Waals surface area contributed by atoms with Crippen molar-refractivity contribution < 1.29 is 4.79 Å². The Morgan fingerprint density at radius 1 is 1.04 bits per heavy atom. The highest BCUT2D eigenvalue weighted by Gasteiger charge is 2.11. The molecule has 2 aromatic heterocycles. The number of nitrogens with zero attached hydrogens (tertiary/aromatic N) is 2. The minimum absolute atomic E-state index is 0.149. The molecular weight excluding hydrogens is 348 g/mol. The van der Waals surface area contributed by atoms with Gasteiger partial charge in [0.25, 0.3) is 5.91 Å². The maximum absolute atomic E-state index is 12.0. The van der Waals surface area contributed by atoms with E-state index in [-0.39, 0.29) is 5.91 Å². The summed E-state index contributed by atoms with van der Waals surface area (Å²) in [6.45, 7) is 0. The smallest absolute Gasteiger partial charge is 0.251 e. The van der Waals surface area contributed by atoms with Gasteiger partial charge in [0.2, 0.25) is 0 Å². The normalized spacial score (nSPS) is 10.8. The van der Waals surface area contributed by atoms with Crippen molar-refractivity contribution in [2.45, 2.75) is 0 Å². The fourth-order valence-corrected chi connectivity index (χ4v) is 3.12. The van der Waals surface area contributed by atoms with E-state index in [2.05, 4.69) is 15.6 Å². The number of aromatic nitrogens is 2. The number of hydrogen-bond donors (Lipinski definition) is 2. The van der Waals surface area contributed by atoms with Crippen LogP contribution in [0.2, 0.25) is 5.02 Å². The van der Waals surface area contributed by atoms with Crippen molar-refractivity contribution in [2.24, 2.45) is 0 Å². The van der Waals surface area contributed by atoms with Crippen molar-refractivity contribution in [2.75, 3.05) is 12.4 Å². The Hall–Kier alpha value is -3.18. The molecule has 0 saturated carbocycles. The quantitative estimate of drug-likeness (QED) is 0.525. The second-order valence-corrected chi connectivity index (χ2v) is 6.26. The first kappa shape index (κ1) is 16.3. The Morgan fingerprint density at radius 3 is 2.73 bits per heavy atom. The molecule has 0 spiro atoms. The molecule has 0 fully saturated rings. The minimum Gasteiger partial charge on any atom is -0.355 e. The Bertz CT molecular complexity index is 1140. The highest BCUT2D eigenvalue weighted by atomic mass is 35.5. The lowest BCUT2D eigenvalue weighted by molar-refractivity contribution is 0.0963. The van der Waals surface area contributed by atoms with Crippen LogP contribution < -0.4 is 10.6 Å². The number of fused-ring (bicyclic) bond motifs is 3. The van der Waals surface area contributed by atoms with Crippen LogP contribution in [0, 0.1) is 0 Å². The standard InChI is InChI=1S/C20H15ClN4O/c1-22-20(26)12-5-6-15-17-11-23-8-7-16(17)19(25-18(15)9-12)24-14-4-2-3-13(21)10-14/h2-11H,1H3,(H,22,26)(H,24,25). The first-order valence-electron chi connectivity index (χ1n) is 8.08. The fourth-order valence-electron chi connectivity index (χ4n) is 2.93. The second kappa shape index (κ2) is 6.61. The summed E-state index contributed by atoms with van der Waals surface area (Å²) < 4.78 is 0. The molecule has 6 heteroatoms. The topological polar surface area (TPSA) is 66.9 Å². The van der Waals surface area contributed by atoms with Gasteiger partial charge in [0.05, 0.1) is 5.52 Å². The lowest BCUT2D eigenvalue weighted by Crippen LogP contribution is -2.17. The van der Waals surface area contributed by atoms with Crippen LogP contribution in [-0.4, -0.2) is 22.9 Å². The molecule has 4 aromatic rings. The third-order valence-corrected chi connectivity index (χ3v) is 4.41. The summed E-state index contributed by atoms with van der Waals surface area (Å²) in [7, 11) is 1.61. The summed E-state index contributed by atoms with van der Waals surface area (Å²) in [5.74, 6) is 0.538. The van der Waals surface area contributed by atoms with Crippen LogP contribution in [0.5, 0.6) is 0 Å². The maximum Gasteiger partial charge on any atom is 0.251 e. The van der Waals surface area contributed by atoms with Crippen molar-refractivity contribution in [1.82, 2.24) is 15.3 Å². The van der Waals surface area contributed by atoms with E-state index < -0.39 is 0 Å². The van der Waals surface area contributed by atoms with Gasteiger partial charge in [-0.3, -0.25) is 9.78 Å². The average molecular weight is 363 g/mol. The number of halogens is 1. The summed E-state index contributed by atoms with van der Waals surface area (Å²) in [6.07, 6.45) is 3.54. The Kier molecular flexibility index (Phi) is 4.14. The van der Waals surface area contributed by atoms with Crippen molar-refractivity contribution >= 4 is 50.7 Å². The molecule has 0 aliphatic heterocycles. The van der Waals surface area contributed by atoms with Gasteiger partial charge >= 0.3 is 0 Å². The molecule has 0 aliphatic rings. The van der Waals surface area contributed by atoms with Crippen LogP contribution in [0.1, 0.15) is 10.4 Å². The molecule has 1 amide bonds. The zero-order valence-electron chi connectivity index (χ0n) is 14.0. The molecule has 0 unspecified atom stereocenters. The monoisotopic (exact) mass is 362 g/mol. The van der Waals surface area contributed by atoms with E-state index >= 15 is 0 Å². The van der Waals surface area contributed by atoms with E-state index in [4.69, 9.17) is 16.6 Å². The average Bonchev–Trinajstić information content (AvgIpc) is 2.67. The molecule has 0 bridgehead atoms. The largest absolute Gasteiger partial charge is 0.355 e. The number of hydrogen-bond acceptors (Lipinski definition) is 4. The molecule has 2 heterocycles. The third kappa shape index (κ3) is 2.93. The van der Waals surface area contributed by atoms with Crippen LogP contribution in [0.25, 0.3) is 21.7 Å². The lowest BCUT2D eigenvalue weighted by Gasteiger charge is -2.12. The van der Waals surface area contributed by atoms with Crippen LogP contribution in [0.4, 0.5) is 11.5 Å². The van der Waals surface area contributed by atoms with Gasteiger partial charge in [-0.15, -0.1) is 0 Å². The van der Waals surface area contributed by atoms with Crippen LogP contribution in [0.3, 0.4) is 0 Å². The van der Waals surface area contributed by atoms with Crippen molar-refractivity contribution in [3.8, 4) is 0 Å². The van der Waals surface area contributed by atoms with Crippen LogP contribution >= 0.6 is 11.6 Å². The van der Waals surface area contributed by atoms with Crippen molar-refractivity contribution in [3.63, 3.8) is 0 Å². The lowest BCUT2D eigenvalue weighted by atomic mass is 10.1. The highest BCUT2D eigenvalue weighted by molar-refractivity contribution is 6.30. The van der Waals surface area contributed by atoms with E-state index in [0.29, 0.717) is 16.4 Å². The number of pyridine rings is 2. The minimum atomic E-state index is -0.149. The van der Waals surface area contributed by atoms with Gasteiger partial charge < -0.3 is 10.6 Å². The maximum atomic E-state index is 12.0. The van der Waals surface area contributed by atoms with Gasteiger partial charge in [-0.25, -0.2) is 4.98 Å². The van der Waals surface area contributed by atoms with Gasteiger partial charge in [-0.05, 0) is 36.4 Å².